The van der Waals surface area contributed by atoms with Crippen LogP contribution in [0.3, 0.4) is 0 Å². The molecule has 0 aliphatic heterocycles. The third kappa shape index (κ3) is 2.06. The molecular weight excluding hydrogens is 245 g/mol. The zero-order chi connectivity index (χ0) is 13.2. The molecule has 4 nitrogen and oxygen atoms in total. The first-order valence-electron chi connectivity index (χ1n) is 5.72. The molecule has 0 saturated carbocycles. The third-order valence-electron chi connectivity index (χ3n) is 2.87. The highest BCUT2D eigenvalue weighted by molar-refractivity contribution is 5.75. The van der Waals surface area contributed by atoms with Gasteiger partial charge in [0, 0.05) is 23.5 Å². The van der Waals surface area contributed by atoms with E-state index in [1.54, 1.807) is 36.7 Å². The fraction of sp³-hybridized carbons (Fsp3) is 0. The van der Waals surface area contributed by atoms with Crippen molar-refractivity contribution >= 4 is 0 Å². The van der Waals surface area contributed by atoms with Gasteiger partial charge in [0.05, 0.1) is 0 Å². The molecule has 2 aromatic heterocycles. The summed E-state index contributed by atoms with van der Waals surface area (Å²) in [6.07, 6.45) is 4.57. The number of aromatic nitrogens is 3. The molecule has 0 aliphatic rings. The van der Waals surface area contributed by atoms with E-state index in [4.69, 9.17) is 0 Å². The minimum atomic E-state index is -0.309. The number of rotatable bonds is 2. The van der Waals surface area contributed by atoms with Crippen LogP contribution in [-0.2, 0) is 0 Å². The summed E-state index contributed by atoms with van der Waals surface area (Å²) in [5, 5.41) is 11.9. The van der Waals surface area contributed by atoms with Crippen LogP contribution in [0.15, 0.2) is 55.1 Å². The van der Waals surface area contributed by atoms with E-state index in [2.05, 4.69) is 9.97 Å². The molecule has 1 aromatic carbocycles. The largest absolute Gasteiger partial charge is 0.710 e. The minimum Gasteiger partial charge on any atom is -0.710 e. The quantitative estimate of drug-likeness (QED) is 0.565. The van der Waals surface area contributed by atoms with Crippen LogP contribution in [0.25, 0.3) is 22.5 Å². The molecule has 0 fully saturated rings. The molecule has 0 atom stereocenters. The van der Waals surface area contributed by atoms with Crippen LogP contribution in [0.1, 0.15) is 0 Å². The van der Waals surface area contributed by atoms with Crippen molar-refractivity contribution in [3.8, 4) is 22.5 Å². The molecule has 0 amide bonds. The summed E-state index contributed by atoms with van der Waals surface area (Å²) in [5.74, 6) is -0.309. The Hall–Kier alpha value is -2.69. The van der Waals surface area contributed by atoms with E-state index in [0.29, 0.717) is 11.4 Å². The van der Waals surface area contributed by atoms with Crippen molar-refractivity contribution in [2.45, 2.75) is 0 Å². The first kappa shape index (κ1) is 11.4. The monoisotopic (exact) mass is 255 g/mol. The van der Waals surface area contributed by atoms with Crippen LogP contribution in [0.4, 0.5) is 4.39 Å². The van der Waals surface area contributed by atoms with Crippen LogP contribution in [0, 0.1) is 11.0 Å². The molecule has 5 heteroatoms. The summed E-state index contributed by atoms with van der Waals surface area (Å²) >= 11 is 0. The molecule has 1 N–H and O–H groups in total. The van der Waals surface area contributed by atoms with Gasteiger partial charge in [-0.1, -0.05) is 0 Å². The molecule has 0 aliphatic carbocycles. The first-order chi connectivity index (χ1) is 9.25. The Labute approximate surface area is 108 Å². The number of nitrogens with zero attached hydrogens (tertiary/aromatic N) is 2. The van der Waals surface area contributed by atoms with E-state index >= 15 is 0 Å². The van der Waals surface area contributed by atoms with E-state index in [0.717, 1.165) is 15.9 Å². The van der Waals surface area contributed by atoms with Gasteiger partial charge in [-0.15, -0.1) is 0 Å². The maximum Gasteiger partial charge on any atom is 0.245 e. The lowest BCUT2D eigenvalue weighted by Gasteiger charge is -2.04. The summed E-state index contributed by atoms with van der Waals surface area (Å²) in [5.41, 5.74) is 2.66. The lowest BCUT2D eigenvalue weighted by molar-refractivity contribution is -0.592. The van der Waals surface area contributed by atoms with Gasteiger partial charge in [0.15, 0.2) is 11.4 Å². The van der Waals surface area contributed by atoms with Crippen molar-refractivity contribution in [2.75, 3.05) is 0 Å². The second kappa shape index (κ2) is 4.53. The summed E-state index contributed by atoms with van der Waals surface area (Å²) in [4.78, 5) is 6.84. The van der Waals surface area contributed by atoms with Crippen molar-refractivity contribution in [1.82, 2.24) is 9.97 Å². The Kier molecular flexibility index (Phi) is 2.72. The molecule has 0 saturated heterocycles. The van der Waals surface area contributed by atoms with E-state index < -0.39 is 0 Å². The zero-order valence-electron chi connectivity index (χ0n) is 9.88. The maximum atomic E-state index is 12.9. The average molecular weight is 255 g/mol. The third-order valence-corrected chi connectivity index (χ3v) is 2.87. The Morgan fingerprint density at radius 3 is 2.37 bits per heavy atom. The number of H-pyrrole nitrogens is 1. The standard InChI is InChI=1S/C14H10FN3O/c15-12-3-1-10(2-4-12)13-14(18(19)9-17-13)11-5-7-16-8-6-11/h1-9,17H. The van der Waals surface area contributed by atoms with Gasteiger partial charge in [-0.05, 0) is 36.4 Å². The molecular formula is C14H10FN3O. The van der Waals surface area contributed by atoms with Gasteiger partial charge in [0.25, 0.3) is 0 Å². The SMILES string of the molecule is [O-][n+]1c[nH]c(-c2ccc(F)cc2)c1-c1ccncc1. The molecule has 2 heterocycles. The van der Waals surface area contributed by atoms with E-state index in [1.165, 1.54) is 18.5 Å². The number of halogens is 1. The lowest BCUT2D eigenvalue weighted by atomic mass is 10.1. The van der Waals surface area contributed by atoms with Crippen LogP contribution >= 0.6 is 0 Å². The number of aromatic amines is 1. The van der Waals surface area contributed by atoms with Crippen LogP contribution < -0.4 is 4.73 Å². The summed E-state index contributed by atoms with van der Waals surface area (Å²) in [6.45, 7) is 0. The molecule has 0 unspecified atom stereocenters. The normalized spacial score (nSPS) is 10.6. The van der Waals surface area contributed by atoms with Crippen LogP contribution in [0.5, 0.6) is 0 Å². The second-order valence-corrected chi connectivity index (χ2v) is 4.07. The Bertz CT molecular complexity index is 692. The van der Waals surface area contributed by atoms with E-state index in [-0.39, 0.29) is 5.82 Å². The molecule has 0 spiro atoms. The second-order valence-electron chi connectivity index (χ2n) is 4.07. The number of hydrogen-bond acceptors (Lipinski definition) is 2. The van der Waals surface area contributed by atoms with Crippen molar-refractivity contribution in [2.24, 2.45) is 0 Å². The van der Waals surface area contributed by atoms with Crippen molar-refractivity contribution < 1.29 is 9.12 Å². The van der Waals surface area contributed by atoms with Gasteiger partial charge in [0.1, 0.15) is 5.82 Å². The number of benzene rings is 1. The number of nitrogens with one attached hydrogen (secondary N) is 1. The predicted octanol–water partition coefficient (Wildman–Crippen LogP) is 2.52. The summed E-state index contributed by atoms with van der Waals surface area (Å²) in [7, 11) is 0. The van der Waals surface area contributed by atoms with Crippen molar-refractivity contribution in [1.29, 1.82) is 0 Å². The zero-order valence-corrected chi connectivity index (χ0v) is 9.88. The van der Waals surface area contributed by atoms with Gasteiger partial charge in [-0.25, -0.2) is 14.1 Å². The van der Waals surface area contributed by atoms with Gasteiger partial charge in [-0.3, -0.25) is 4.98 Å². The Morgan fingerprint density at radius 2 is 1.68 bits per heavy atom. The van der Waals surface area contributed by atoms with Gasteiger partial charge < -0.3 is 5.21 Å². The predicted molar refractivity (Wildman–Crippen MR) is 68.4 cm³/mol. The van der Waals surface area contributed by atoms with Gasteiger partial charge in [-0.2, -0.15) is 0 Å². The summed E-state index contributed by atoms with van der Waals surface area (Å²) < 4.78 is 13.7. The highest BCUT2D eigenvalue weighted by Crippen LogP contribution is 2.27. The maximum absolute atomic E-state index is 12.9. The van der Waals surface area contributed by atoms with Crippen LogP contribution in [0.2, 0.25) is 0 Å². The molecule has 19 heavy (non-hydrogen) atoms. The van der Waals surface area contributed by atoms with Gasteiger partial charge in [0.2, 0.25) is 6.33 Å². The van der Waals surface area contributed by atoms with Crippen molar-refractivity contribution in [3.05, 3.63) is 66.1 Å². The first-order valence-corrected chi connectivity index (χ1v) is 5.72. The lowest BCUT2D eigenvalue weighted by Crippen LogP contribution is -2.25. The Balaban J connectivity index is 2.16. The topological polar surface area (TPSA) is 55.6 Å². The van der Waals surface area contributed by atoms with Gasteiger partial charge >= 0.3 is 0 Å². The highest BCUT2D eigenvalue weighted by Gasteiger charge is 2.17. The van der Waals surface area contributed by atoms with Crippen LogP contribution in [-0.4, -0.2) is 9.97 Å². The molecule has 3 rings (SSSR count). The van der Waals surface area contributed by atoms with Crippen molar-refractivity contribution in [3.63, 3.8) is 0 Å². The highest BCUT2D eigenvalue weighted by atomic mass is 19.1. The molecule has 0 radical (unpaired) electrons. The average Bonchev–Trinajstić information content (AvgIpc) is 2.82. The molecule has 3 aromatic rings. The van der Waals surface area contributed by atoms with E-state index in [1.807, 2.05) is 0 Å². The Morgan fingerprint density at radius 1 is 1.00 bits per heavy atom. The minimum absolute atomic E-state index is 0.309. The van der Waals surface area contributed by atoms with E-state index in [9.17, 15) is 9.60 Å². The number of pyridine rings is 1. The number of hydrogen-bond donors (Lipinski definition) is 1. The molecule has 0 bridgehead atoms. The number of imidazole rings is 1. The molecule has 94 valence electrons. The smallest absolute Gasteiger partial charge is 0.245 e. The summed E-state index contributed by atoms with van der Waals surface area (Å²) in [6, 6.07) is 9.50. The fourth-order valence-corrected chi connectivity index (χ4v) is 1.98. The fourth-order valence-electron chi connectivity index (χ4n) is 1.98.